The summed E-state index contributed by atoms with van der Waals surface area (Å²) in [5.41, 5.74) is 2.21. The molecule has 1 rings (SSSR count). The number of hydrogen-bond donors (Lipinski definition) is 1. The Kier molecular flexibility index (Phi) is 8.41. The van der Waals surface area contributed by atoms with Crippen molar-refractivity contribution in [1.29, 1.82) is 0 Å². The number of nitrogens with zero attached hydrogens (tertiary/aromatic N) is 1. The lowest BCUT2D eigenvalue weighted by Gasteiger charge is -2.22. The molecule has 0 aromatic heterocycles. The summed E-state index contributed by atoms with van der Waals surface area (Å²) < 4.78 is 10.2. The Morgan fingerprint density at radius 3 is 2.16 bits per heavy atom. The summed E-state index contributed by atoms with van der Waals surface area (Å²) >= 11 is 0. The molecule has 0 aliphatic carbocycles. The second-order valence-corrected chi connectivity index (χ2v) is 4.59. The summed E-state index contributed by atoms with van der Waals surface area (Å²) in [5, 5.41) is 9.03. The predicted octanol–water partition coefficient (Wildman–Crippen LogP) is 1.66. The third kappa shape index (κ3) is 6.68. The first-order chi connectivity index (χ1) is 9.30. The monoisotopic (exact) mass is 267 g/mol. The minimum absolute atomic E-state index is 0.0987. The summed E-state index contributed by atoms with van der Waals surface area (Å²) in [4.78, 5) is 2.36. The second-order valence-electron chi connectivity index (χ2n) is 4.59. The fraction of sp³-hybridized carbons (Fsp3) is 0.600. The maximum Gasteiger partial charge on any atom is 0.0681 e. The van der Waals surface area contributed by atoms with Crippen LogP contribution in [0.2, 0.25) is 0 Å². The Hall–Kier alpha value is -0.940. The summed E-state index contributed by atoms with van der Waals surface area (Å²) in [7, 11) is 3.45. The van der Waals surface area contributed by atoms with Crippen LogP contribution in [0.25, 0.3) is 0 Å². The van der Waals surface area contributed by atoms with Crippen LogP contribution in [-0.2, 0) is 22.6 Å². The first kappa shape index (κ1) is 16.1. The van der Waals surface area contributed by atoms with Gasteiger partial charge in [-0.3, -0.25) is 4.90 Å². The highest BCUT2D eigenvalue weighted by atomic mass is 16.5. The maximum absolute atomic E-state index is 9.03. The Morgan fingerprint density at radius 2 is 1.58 bits per heavy atom. The van der Waals surface area contributed by atoms with E-state index in [1.807, 2.05) is 12.1 Å². The van der Waals surface area contributed by atoms with E-state index in [1.165, 1.54) is 5.56 Å². The standard InChI is InChI=1S/C15H25NO3/c1-18-10-3-8-16(9-11-19-2)12-14-4-6-15(13-17)7-5-14/h4-7,17H,3,8-13H2,1-2H3. The van der Waals surface area contributed by atoms with Crippen molar-refractivity contribution in [3.8, 4) is 0 Å². The van der Waals surface area contributed by atoms with Gasteiger partial charge in [0.1, 0.15) is 0 Å². The van der Waals surface area contributed by atoms with Gasteiger partial charge in [-0.15, -0.1) is 0 Å². The number of aliphatic hydroxyl groups is 1. The molecular formula is C15H25NO3. The topological polar surface area (TPSA) is 41.9 Å². The molecule has 0 amide bonds. The smallest absolute Gasteiger partial charge is 0.0681 e. The quantitative estimate of drug-likeness (QED) is 0.655. The number of methoxy groups -OCH3 is 2. The fourth-order valence-corrected chi connectivity index (χ4v) is 1.93. The van der Waals surface area contributed by atoms with E-state index >= 15 is 0 Å². The van der Waals surface area contributed by atoms with Gasteiger partial charge in [-0.2, -0.15) is 0 Å². The van der Waals surface area contributed by atoms with Crippen LogP contribution in [0.3, 0.4) is 0 Å². The van der Waals surface area contributed by atoms with Gasteiger partial charge in [0.25, 0.3) is 0 Å². The average Bonchev–Trinajstić information content (AvgIpc) is 2.45. The lowest BCUT2D eigenvalue weighted by atomic mass is 10.1. The number of ether oxygens (including phenoxy) is 2. The zero-order chi connectivity index (χ0) is 13.9. The summed E-state index contributed by atoms with van der Waals surface area (Å²) in [6.07, 6.45) is 1.02. The van der Waals surface area contributed by atoms with E-state index in [9.17, 15) is 0 Å². The molecule has 4 heteroatoms. The van der Waals surface area contributed by atoms with Gasteiger partial charge < -0.3 is 14.6 Å². The number of benzene rings is 1. The molecule has 4 nitrogen and oxygen atoms in total. The van der Waals surface area contributed by atoms with Crippen molar-refractivity contribution in [2.75, 3.05) is 40.5 Å². The molecule has 0 saturated heterocycles. The van der Waals surface area contributed by atoms with Gasteiger partial charge in [0.15, 0.2) is 0 Å². The molecule has 0 saturated carbocycles. The summed E-state index contributed by atoms with van der Waals surface area (Å²) in [6, 6.07) is 8.08. The van der Waals surface area contributed by atoms with Gasteiger partial charge in [-0.05, 0) is 17.5 Å². The van der Waals surface area contributed by atoms with E-state index in [2.05, 4.69) is 17.0 Å². The highest BCUT2D eigenvalue weighted by molar-refractivity contribution is 5.21. The number of aliphatic hydroxyl groups excluding tert-OH is 1. The van der Waals surface area contributed by atoms with Crippen LogP contribution in [0.5, 0.6) is 0 Å². The van der Waals surface area contributed by atoms with Crippen molar-refractivity contribution in [3.63, 3.8) is 0 Å². The molecule has 0 unspecified atom stereocenters. The third-order valence-corrected chi connectivity index (χ3v) is 3.05. The Labute approximate surface area is 115 Å². The Morgan fingerprint density at radius 1 is 0.947 bits per heavy atom. The zero-order valence-corrected chi connectivity index (χ0v) is 12.0. The van der Waals surface area contributed by atoms with Crippen LogP contribution in [-0.4, -0.2) is 50.5 Å². The molecule has 0 spiro atoms. The van der Waals surface area contributed by atoms with Crippen molar-refractivity contribution in [2.45, 2.75) is 19.6 Å². The van der Waals surface area contributed by atoms with E-state index in [-0.39, 0.29) is 6.61 Å². The zero-order valence-electron chi connectivity index (χ0n) is 12.0. The summed E-state index contributed by atoms with van der Waals surface area (Å²) in [5.74, 6) is 0. The van der Waals surface area contributed by atoms with Crippen LogP contribution in [0.4, 0.5) is 0 Å². The molecule has 1 aromatic rings. The molecule has 0 atom stereocenters. The molecule has 0 heterocycles. The van der Waals surface area contributed by atoms with E-state index in [1.54, 1.807) is 14.2 Å². The SMILES string of the molecule is COCCCN(CCOC)Cc1ccc(CO)cc1. The lowest BCUT2D eigenvalue weighted by Crippen LogP contribution is -2.28. The molecule has 0 aliphatic heterocycles. The lowest BCUT2D eigenvalue weighted by molar-refractivity contribution is 0.129. The van der Waals surface area contributed by atoms with E-state index < -0.39 is 0 Å². The molecule has 0 radical (unpaired) electrons. The maximum atomic E-state index is 9.03. The molecule has 0 aliphatic rings. The van der Waals surface area contributed by atoms with E-state index in [0.717, 1.165) is 44.8 Å². The molecule has 0 bridgehead atoms. The van der Waals surface area contributed by atoms with Crippen molar-refractivity contribution in [3.05, 3.63) is 35.4 Å². The van der Waals surface area contributed by atoms with Gasteiger partial charge in [0, 0.05) is 40.5 Å². The Balaban J connectivity index is 2.48. The fourth-order valence-electron chi connectivity index (χ4n) is 1.93. The van der Waals surface area contributed by atoms with Crippen molar-refractivity contribution < 1.29 is 14.6 Å². The first-order valence-electron chi connectivity index (χ1n) is 6.69. The molecule has 1 N–H and O–H groups in total. The van der Waals surface area contributed by atoms with Crippen molar-refractivity contribution in [2.24, 2.45) is 0 Å². The molecule has 0 fully saturated rings. The molecule has 108 valence electrons. The van der Waals surface area contributed by atoms with Gasteiger partial charge in [-0.25, -0.2) is 0 Å². The van der Waals surface area contributed by atoms with Crippen LogP contribution < -0.4 is 0 Å². The predicted molar refractivity (Wildman–Crippen MR) is 76.0 cm³/mol. The number of hydrogen-bond acceptors (Lipinski definition) is 4. The highest BCUT2D eigenvalue weighted by Crippen LogP contribution is 2.08. The van der Waals surface area contributed by atoms with Crippen LogP contribution in [0.1, 0.15) is 17.5 Å². The molecular weight excluding hydrogens is 242 g/mol. The molecule has 1 aromatic carbocycles. The van der Waals surface area contributed by atoms with Crippen LogP contribution >= 0.6 is 0 Å². The van der Waals surface area contributed by atoms with Crippen molar-refractivity contribution >= 4 is 0 Å². The van der Waals surface area contributed by atoms with E-state index in [4.69, 9.17) is 14.6 Å². The summed E-state index contributed by atoms with van der Waals surface area (Å²) in [6.45, 7) is 4.44. The van der Waals surface area contributed by atoms with Crippen LogP contribution in [0.15, 0.2) is 24.3 Å². The second kappa shape index (κ2) is 9.92. The van der Waals surface area contributed by atoms with E-state index in [0.29, 0.717) is 0 Å². The highest BCUT2D eigenvalue weighted by Gasteiger charge is 2.05. The minimum Gasteiger partial charge on any atom is -0.392 e. The largest absolute Gasteiger partial charge is 0.392 e. The van der Waals surface area contributed by atoms with Gasteiger partial charge in [0.05, 0.1) is 13.2 Å². The molecule has 19 heavy (non-hydrogen) atoms. The number of rotatable bonds is 10. The van der Waals surface area contributed by atoms with Crippen molar-refractivity contribution in [1.82, 2.24) is 4.90 Å². The Bertz CT molecular complexity index is 327. The van der Waals surface area contributed by atoms with Gasteiger partial charge in [-0.1, -0.05) is 24.3 Å². The third-order valence-electron chi connectivity index (χ3n) is 3.05. The van der Waals surface area contributed by atoms with Gasteiger partial charge >= 0.3 is 0 Å². The first-order valence-corrected chi connectivity index (χ1v) is 6.69. The van der Waals surface area contributed by atoms with Gasteiger partial charge in [0.2, 0.25) is 0 Å². The average molecular weight is 267 g/mol. The normalized spacial score (nSPS) is 11.2. The minimum atomic E-state index is 0.0987. The van der Waals surface area contributed by atoms with Crippen LogP contribution in [0, 0.1) is 0 Å².